The van der Waals surface area contributed by atoms with E-state index in [0.29, 0.717) is 24.2 Å². The molecule has 1 heterocycles. The molecule has 0 spiro atoms. The van der Waals surface area contributed by atoms with Gasteiger partial charge in [0.15, 0.2) is 0 Å². The zero-order valence-electron chi connectivity index (χ0n) is 14.2. The first-order valence-electron chi connectivity index (χ1n) is 8.56. The van der Waals surface area contributed by atoms with Gasteiger partial charge in [-0.3, -0.25) is 4.79 Å². The normalized spacial score (nSPS) is 22.6. The molecule has 2 N–H and O–H groups in total. The van der Waals surface area contributed by atoms with Crippen molar-refractivity contribution in [2.75, 3.05) is 0 Å². The number of hydrogen-bond donors (Lipinski definition) is 2. The molecular weight excluding hydrogens is 294 g/mol. The number of hydrogen-bond acceptors (Lipinski definition) is 4. The topological polar surface area (TPSA) is 79.5 Å². The molecule has 1 aromatic heterocycles. The van der Waals surface area contributed by atoms with Crippen molar-refractivity contribution in [3.8, 4) is 0 Å². The van der Waals surface area contributed by atoms with E-state index in [9.17, 15) is 14.7 Å². The minimum Gasteiger partial charge on any atom is -0.427 e. The standard InChI is InChI=1S/C18H27NO4/c1-4-5-11(2)15-10-12(3)16(18(22)23-15)17(21)19-13-6-8-14(20)9-7-13/h10-11,13-14,20H,4-9H2,1-3H3,(H,19,21). The van der Waals surface area contributed by atoms with Gasteiger partial charge in [-0.2, -0.15) is 0 Å². The van der Waals surface area contributed by atoms with Crippen LogP contribution in [0.2, 0.25) is 0 Å². The van der Waals surface area contributed by atoms with Crippen LogP contribution in [0.4, 0.5) is 0 Å². The number of amides is 1. The predicted octanol–water partition coefficient (Wildman–Crippen LogP) is 2.89. The van der Waals surface area contributed by atoms with E-state index >= 15 is 0 Å². The van der Waals surface area contributed by atoms with Crippen LogP contribution in [0.15, 0.2) is 15.3 Å². The molecule has 1 saturated carbocycles. The number of rotatable bonds is 5. The summed E-state index contributed by atoms with van der Waals surface area (Å²) in [5.74, 6) is 0.447. The molecule has 1 aliphatic carbocycles. The van der Waals surface area contributed by atoms with Crippen molar-refractivity contribution in [3.63, 3.8) is 0 Å². The van der Waals surface area contributed by atoms with Crippen LogP contribution in [0.25, 0.3) is 0 Å². The molecule has 0 radical (unpaired) electrons. The molecule has 1 fully saturated rings. The molecule has 1 amide bonds. The van der Waals surface area contributed by atoms with Gasteiger partial charge in [0.2, 0.25) is 0 Å². The molecule has 5 nitrogen and oxygen atoms in total. The third-order valence-electron chi connectivity index (χ3n) is 4.63. The first-order chi connectivity index (χ1) is 10.9. The molecule has 0 aliphatic heterocycles. The van der Waals surface area contributed by atoms with E-state index in [1.165, 1.54) is 0 Å². The smallest absolute Gasteiger partial charge is 0.349 e. The van der Waals surface area contributed by atoms with Gasteiger partial charge < -0.3 is 14.8 Å². The molecular formula is C18H27NO4. The van der Waals surface area contributed by atoms with Gasteiger partial charge in [-0.25, -0.2) is 4.79 Å². The van der Waals surface area contributed by atoms with Crippen molar-refractivity contribution in [3.05, 3.63) is 33.4 Å². The zero-order valence-corrected chi connectivity index (χ0v) is 14.2. The molecule has 0 aromatic carbocycles. The van der Waals surface area contributed by atoms with E-state index in [4.69, 9.17) is 4.42 Å². The monoisotopic (exact) mass is 321 g/mol. The fraction of sp³-hybridized carbons (Fsp3) is 0.667. The molecule has 128 valence electrons. The fourth-order valence-electron chi connectivity index (χ4n) is 3.20. The summed E-state index contributed by atoms with van der Waals surface area (Å²) in [6.45, 7) is 5.89. The molecule has 0 bridgehead atoms. The van der Waals surface area contributed by atoms with Crippen LogP contribution in [-0.2, 0) is 0 Å². The summed E-state index contributed by atoms with van der Waals surface area (Å²) in [5, 5.41) is 12.4. The summed E-state index contributed by atoms with van der Waals surface area (Å²) in [6.07, 6.45) is 4.54. The lowest BCUT2D eigenvalue weighted by atomic mass is 9.93. The van der Waals surface area contributed by atoms with Gasteiger partial charge in [0.1, 0.15) is 11.3 Å². The highest BCUT2D eigenvalue weighted by molar-refractivity contribution is 5.95. The lowest BCUT2D eigenvalue weighted by molar-refractivity contribution is 0.0863. The maximum absolute atomic E-state index is 12.4. The SMILES string of the molecule is CCCC(C)c1cc(C)c(C(=O)NC2CCC(O)CC2)c(=O)o1. The van der Waals surface area contributed by atoms with Gasteiger partial charge in [-0.15, -0.1) is 0 Å². The van der Waals surface area contributed by atoms with Crippen molar-refractivity contribution in [1.82, 2.24) is 5.32 Å². The van der Waals surface area contributed by atoms with Crippen molar-refractivity contribution >= 4 is 5.91 Å². The van der Waals surface area contributed by atoms with Crippen LogP contribution < -0.4 is 10.9 Å². The van der Waals surface area contributed by atoms with Crippen molar-refractivity contribution in [2.45, 2.75) is 77.4 Å². The Morgan fingerprint density at radius 3 is 2.61 bits per heavy atom. The highest BCUT2D eigenvalue weighted by Crippen LogP contribution is 2.22. The predicted molar refractivity (Wildman–Crippen MR) is 88.8 cm³/mol. The lowest BCUT2D eigenvalue weighted by Crippen LogP contribution is -2.40. The Morgan fingerprint density at radius 2 is 2.04 bits per heavy atom. The maximum atomic E-state index is 12.4. The molecule has 1 aliphatic rings. The van der Waals surface area contributed by atoms with Crippen LogP contribution in [0.5, 0.6) is 0 Å². The number of nitrogens with one attached hydrogen (secondary N) is 1. The Kier molecular flexibility index (Phi) is 5.99. The van der Waals surface area contributed by atoms with E-state index in [0.717, 1.165) is 25.7 Å². The molecule has 1 atom stereocenters. The second-order valence-electron chi connectivity index (χ2n) is 6.66. The average Bonchev–Trinajstić information content (AvgIpc) is 2.49. The fourth-order valence-corrected chi connectivity index (χ4v) is 3.20. The Labute approximate surface area is 137 Å². The van der Waals surface area contributed by atoms with Crippen LogP contribution in [0.1, 0.15) is 80.0 Å². The van der Waals surface area contributed by atoms with Gasteiger partial charge in [0, 0.05) is 12.0 Å². The molecule has 1 aromatic rings. The van der Waals surface area contributed by atoms with E-state index < -0.39 is 5.63 Å². The quantitative estimate of drug-likeness (QED) is 0.874. The van der Waals surface area contributed by atoms with Crippen molar-refractivity contribution in [1.29, 1.82) is 0 Å². The largest absolute Gasteiger partial charge is 0.427 e. The minimum atomic E-state index is -0.559. The Bertz CT molecular complexity index is 600. The maximum Gasteiger partial charge on any atom is 0.349 e. The Balaban J connectivity index is 2.13. The zero-order chi connectivity index (χ0) is 17.0. The summed E-state index contributed by atoms with van der Waals surface area (Å²) in [4.78, 5) is 24.6. The van der Waals surface area contributed by atoms with Crippen LogP contribution >= 0.6 is 0 Å². The number of aryl methyl sites for hydroxylation is 1. The third kappa shape index (κ3) is 4.44. The first kappa shape index (κ1) is 17.7. The van der Waals surface area contributed by atoms with E-state index in [-0.39, 0.29) is 29.5 Å². The average molecular weight is 321 g/mol. The second kappa shape index (κ2) is 7.77. The Morgan fingerprint density at radius 1 is 1.39 bits per heavy atom. The van der Waals surface area contributed by atoms with Gasteiger partial charge in [0.25, 0.3) is 5.91 Å². The molecule has 1 unspecified atom stereocenters. The summed E-state index contributed by atoms with van der Waals surface area (Å²) < 4.78 is 5.37. The highest BCUT2D eigenvalue weighted by Gasteiger charge is 2.24. The Hall–Kier alpha value is -1.62. The summed E-state index contributed by atoms with van der Waals surface area (Å²) >= 11 is 0. The minimum absolute atomic E-state index is 0.0170. The van der Waals surface area contributed by atoms with Crippen LogP contribution in [-0.4, -0.2) is 23.2 Å². The number of carbonyl (C=O) groups is 1. The van der Waals surface area contributed by atoms with Crippen molar-refractivity contribution < 1.29 is 14.3 Å². The van der Waals surface area contributed by atoms with E-state index in [1.54, 1.807) is 13.0 Å². The van der Waals surface area contributed by atoms with E-state index in [1.807, 2.05) is 6.92 Å². The lowest BCUT2D eigenvalue weighted by Gasteiger charge is -2.26. The van der Waals surface area contributed by atoms with Crippen molar-refractivity contribution in [2.24, 2.45) is 0 Å². The van der Waals surface area contributed by atoms with Gasteiger partial charge >= 0.3 is 5.63 Å². The van der Waals surface area contributed by atoms with Crippen LogP contribution in [0.3, 0.4) is 0 Å². The van der Waals surface area contributed by atoms with Gasteiger partial charge in [0.05, 0.1) is 6.10 Å². The van der Waals surface area contributed by atoms with Gasteiger partial charge in [-0.1, -0.05) is 20.3 Å². The molecule has 23 heavy (non-hydrogen) atoms. The summed E-state index contributed by atoms with van der Waals surface area (Å²) in [5.41, 5.74) is 0.201. The first-order valence-corrected chi connectivity index (χ1v) is 8.56. The van der Waals surface area contributed by atoms with E-state index in [2.05, 4.69) is 12.2 Å². The second-order valence-corrected chi connectivity index (χ2v) is 6.66. The summed E-state index contributed by atoms with van der Waals surface area (Å²) in [7, 11) is 0. The van der Waals surface area contributed by atoms with Crippen LogP contribution in [0, 0.1) is 6.92 Å². The summed E-state index contributed by atoms with van der Waals surface area (Å²) in [6, 6.07) is 1.82. The number of carbonyl (C=O) groups excluding carboxylic acids is 1. The highest BCUT2D eigenvalue weighted by atomic mass is 16.4. The number of aliphatic hydroxyl groups excluding tert-OH is 1. The molecule has 2 rings (SSSR count). The van der Waals surface area contributed by atoms with Gasteiger partial charge in [-0.05, 0) is 50.7 Å². The molecule has 0 saturated heterocycles. The molecule has 5 heteroatoms. The third-order valence-corrected chi connectivity index (χ3v) is 4.63. The number of aliphatic hydroxyl groups is 1.